The van der Waals surface area contributed by atoms with Gasteiger partial charge in [-0.2, -0.15) is 0 Å². The Morgan fingerprint density at radius 3 is 2.78 bits per heavy atom. The van der Waals surface area contributed by atoms with E-state index in [2.05, 4.69) is 22.3 Å². The Kier molecular flexibility index (Phi) is 5.26. The number of nitrogen functional groups attached to an aromatic ring is 1. The first-order valence-electron chi connectivity index (χ1n) is 6.83. The first kappa shape index (κ1) is 13.6. The standard InChI is InChI=1S/C13H22N4S/c1-2-6-11-15-12(17-14)9-13(16-11)18-10-7-4-3-5-8-10/h9-10H,2-8,14H2,1H3,(H,15,16,17). The van der Waals surface area contributed by atoms with Crippen molar-refractivity contribution < 1.29 is 0 Å². The van der Waals surface area contributed by atoms with Crippen LogP contribution in [0, 0.1) is 0 Å². The number of nitrogens with two attached hydrogens (primary N) is 1. The minimum Gasteiger partial charge on any atom is -0.308 e. The van der Waals surface area contributed by atoms with Gasteiger partial charge >= 0.3 is 0 Å². The van der Waals surface area contributed by atoms with E-state index in [9.17, 15) is 0 Å². The summed E-state index contributed by atoms with van der Waals surface area (Å²) < 4.78 is 0. The summed E-state index contributed by atoms with van der Waals surface area (Å²) in [6, 6.07) is 1.96. The van der Waals surface area contributed by atoms with Gasteiger partial charge in [0.2, 0.25) is 0 Å². The van der Waals surface area contributed by atoms with Crippen molar-refractivity contribution in [2.45, 2.75) is 62.1 Å². The molecule has 4 nitrogen and oxygen atoms in total. The van der Waals surface area contributed by atoms with Crippen LogP contribution in [0.4, 0.5) is 5.82 Å². The van der Waals surface area contributed by atoms with Gasteiger partial charge in [-0.3, -0.25) is 0 Å². The van der Waals surface area contributed by atoms with Crippen molar-refractivity contribution in [3.63, 3.8) is 0 Å². The molecule has 5 heteroatoms. The van der Waals surface area contributed by atoms with Crippen molar-refractivity contribution >= 4 is 17.6 Å². The van der Waals surface area contributed by atoms with E-state index >= 15 is 0 Å². The Morgan fingerprint density at radius 2 is 2.11 bits per heavy atom. The molecule has 0 saturated heterocycles. The molecule has 0 unspecified atom stereocenters. The molecule has 3 N–H and O–H groups in total. The van der Waals surface area contributed by atoms with Crippen LogP contribution in [0.15, 0.2) is 11.1 Å². The van der Waals surface area contributed by atoms with Crippen molar-refractivity contribution in [2.24, 2.45) is 5.84 Å². The number of hydrogen-bond acceptors (Lipinski definition) is 5. The van der Waals surface area contributed by atoms with E-state index < -0.39 is 0 Å². The maximum absolute atomic E-state index is 5.47. The van der Waals surface area contributed by atoms with Gasteiger partial charge in [0.15, 0.2) is 0 Å². The lowest BCUT2D eigenvalue weighted by molar-refractivity contribution is 0.515. The van der Waals surface area contributed by atoms with Crippen molar-refractivity contribution in [3.05, 3.63) is 11.9 Å². The second kappa shape index (κ2) is 6.95. The molecule has 0 atom stereocenters. The molecule has 2 rings (SSSR count). The molecule has 1 fully saturated rings. The highest BCUT2D eigenvalue weighted by Gasteiger charge is 2.16. The second-order valence-corrected chi connectivity index (χ2v) is 6.10. The van der Waals surface area contributed by atoms with Gasteiger partial charge in [-0.05, 0) is 19.3 Å². The molecular formula is C13H22N4S. The van der Waals surface area contributed by atoms with E-state index in [4.69, 9.17) is 5.84 Å². The van der Waals surface area contributed by atoms with Crippen LogP contribution in [0.25, 0.3) is 0 Å². The number of aromatic nitrogens is 2. The van der Waals surface area contributed by atoms with Gasteiger partial charge < -0.3 is 5.43 Å². The fourth-order valence-electron chi connectivity index (χ4n) is 2.30. The Labute approximate surface area is 113 Å². The zero-order valence-corrected chi connectivity index (χ0v) is 11.8. The zero-order valence-electron chi connectivity index (χ0n) is 11.0. The lowest BCUT2D eigenvalue weighted by atomic mass is 10.0. The topological polar surface area (TPSA) is 63.8 Å². The van der Waals surface area contributed by atoms with E-state index in [1.54, 1.807) is 0 Å². The Hall–Kier alpha value is -0.810. The third-order valence-corrected chi connectivity index (χ3v) is 4.47. The summed E-state index contributed by atoms with van der Waals surface area (Å²) in [7, 11) is 0. The molecule has 0 aliphatic heterocycles. The zero-order chi connectivity index (χ0) is 12.8. The first-order valence-corrected chi connectivity index (χ1v) is 7.71. The van der Waals surface area contributed by atoms with E-state index in [-0.39, 0.29) is 0 Å². The number of rotatable bonds is 5. The predicted octanol–water partition coefficient (Wildman–Crippen LogP) is 3.14. The molecule has 0 spiro atoms. The summed E-state index contributed by atoms with van der Waals surface area (Å²) in [6.45, 7) is 2.14. The molecule has 1 aliphatic rings. The highest BCUT2D eigenvalue weighted by molar-refractivity contribution is 7.99. The largest absolute Gasteiger partial charge is 0.308 e. The lowest BCUT2D eigenvalue weighted by Gasteiger charge is -2.20. The smallest absolute Gasteiger partial charge is 0.144 e. The SMILES string of the molecule is CCCc1nc(NN)cc(SC2CCCCC2)n1. The van der Waals surface area contributed by atoms with Crippen LogP contribution in [0.1, 0.15) is 51.3 Å². The number of thioether (sulfide) groups is 1. The number of hydrogen-bond donors (Lipinski definition) is 2. The number of anilines is 1. The normalized spacial score (nSPS) is 16.8. The van der Waals surface area contributed by atoms with E-state index in [0.717, 1.165) is 29.5 Å². The second-order valence-electron chi connectivity index (χ2n) is 4.78. The van der Waals surface area contributed by atoms with Crippen LogP contribution in [-0.2, 0) is 6.42 Å². The summed E-state index contributed by atoms with van der Waals surface area (Å²) in [5.41, 5.74) is 2.64. The number of nitrogens with one attached hydrogen (secondary N) is 1. The van der Waals surface area contributed by atoms with Crippen LogP contribution < -0.4 is 11.3 Å². The molecule has 100 valence electrons. The number of aryl methyl sites for hydroxylation is 1. The fraction of sp³-hybridized carbons (Fsp3) is 0.692. The van der Waals surface area contributed by atoms with Crippen LogP contribution >= 0.6 is 11.8 Å². The van der Waals surface area contributed by atoms with Gasteiger partial charge in [0.1, 0.15) is 16.7 Å². The van der Waals surface area contributed by atoms with Crippen molar-refractivity contribution in [2.75, 3.05) is 5.43 Å². The highest BCUT2D eigenvalue weighted by atomic mass is 32.2. The Morgan fingerprint density at radius 1 is 1.33 bits per heavy atom. The van der Waals surface area contributed by atoms with Gasteiger partial charge in [0.05, 0.1) is 0 Å². The summed E-state index contributed by atoms with van der Waals surface area (Å²) in [4.78, 5) is 9.00. The summed E-state index contributed by atoms with van der Waals surface area (Å²) in [5.74, 6) is 7.09. The maximum atomic E-state index is 5.47. The molecule has 0 bridgehead atoms. The summed E-state index contributed by atoms with van der Waals surface area (Å²) >= 11 is 1.89. The maximum Gasteiger partial charge on any atom is 0.144 e. The average molecular weight is 266 g/mol. The molecule has 1 aliphatic carbocycles. The molecule has 1 aromatic rings. The van der Waals surface area contributed by atoms with Crippen LogP contribution in [0.2, 0.25) is 0 Å². The molecule has 1 heterocycles. The highest BCUT2D eigenvalue weighted by Crippen LogP contribution is 2.33. The third kappa shape index (κ3) is 3.85. The number of hydrazine groups is 1. The van der Waals surface area contributed by atoms with Gasteiger partial charge in [-0.15, -0.1) is 11.8 Å². The van der Waals surface area contributed by atoms with Crippen molar-refractivity contribution in [1.82, 2.24) is 9.97 Å². The monoisotopic (exact) mass is 266 g/mol. The van der Waals surface area contributed by atoms with E-state index in [0.29, 0.717) is 5.25 Å². The van der Waals surface area contributed by atoms with E-state index in [1.807, 2.05) is 17.8 Å². The summed E-state index contributed by atoms with van der Waals surface area (Å²) in [6.07, 6.45) is 8.68. The Balaban J connectivity index is 2.07. The van der Waals surface area contributed by atoms with Crippen LogP contribution in [0.5, 0.6) is 0 Å². The molecule has 1 saturated carbocycles. The quantitative estimate of drug-likeness (QED) is 0.487. The molecule has 1 aromatic heterocycles. The van der Waals surface area contributed by atoms with Crippen molar-refractivity contribution in [1.29, 1.82) is 0 Å². The predicted molar refractivity (Wildman–Crippen MR) is 76.6 cm³/mol. The third-order valence-electron chi connectivity index (χ3n) is 3.21. The molecule has 0 radical (unpaired) electrons. The molecule has 0 aromatic carbocycles. The average Bonchev–Trinajstić information content (AvgIpc) is 2.40. The minimum absolute atomic E-state index is 0.716. The van der Waals surface area contributed by atoms with Crippen LogP contribution in [-0.4, -0.2) is 15.2 Å². The van der Waals surface area contributed by atoms with Crippen molar-refractivity contribution in [3.8, 4) is 0 Å². The van der Waals surface area contributed by atoms with Crippen LogP contribution in [0.3, 0.4) is 0 Å². The van der Waals surface area contributed by atoms with Gasteiger partial charge in [0.25, 0.3) is 0 Å². The molecule has 18 heavy (non-hydrogen) atoms. The first-order chi connectivity index (χ1) is 8.81. The van der Waals surface area contributed by atoms with E-state index in [1.165, 1.54) is 32.1 Å². The molecule has 0 amide bonds. The van der Waals surface area contributed by atoms with Gasteiger partial charge in [-0.1, -0.05) is 26.2 Å². The lowest BCUT2D eigenvalue weighted by Crippen LogP contribution is -2.12. The molecular weight excluding hydrogens is 244 g/mol. The minimum atomic E-state index is 0.716. The number of nitrogens with zero attached hydrogens (tertiary/aromatic N) is 2. The van der Waals surface area contributed by atoms with Gasteiger partial charge in [0, 0.05) is 17.7 Å². The summed E-state index contributed by atoms with van der Waals surface area (Å²) in [5, 5.41) is 1.78. The fourth-order valence-corrected chi connectivity index (χ4v) is 3.54. The Bertz CT molecular complexity index is 377. The van der Waals surface area contributed by atoms with Gasteiger partial charge in [-0.25, -0.2) is 15.8 Å².